The third kappa shape index (κ3) is 3.33. The lowest BCUT2D eigenvalue weighted by Gasteiger charge is -2.15. The maximum atomic E-state index is 13.9. The maximum absolute atomic E-state index is 13.9. The molecular weight excluding hydrogens is 344 g/mol. The van der Waals surface area contributed by atoms with Crippen LogP contribution < -0.4 is 15.2 Å². The summed E-state index contributed by atoms with van der Waals surface area (Å²) in [7, 11) is 1.49. The van der Waals surface area contributed by atoms with Gasteiger partial charge in [-0.15, -0.1) is 0 Å². The van der Waals surface area contributed by atoms with Crippen LogP contribution in [0.4, 0.5) is 8.78 Å². The van der Waals surface area contributed by atoms with Gasteiger partial charge in [0.15, 0.2) is 11.5 Å². The minimum Gasteiger partial charge on any atom is -0.493 e. The quantitative estimate of drug-likeness (QED) is 0.828. The molecule has 21 heavy (non-hydrogen) atoms. The number of rotatable bonds is 5. The van der Waals surface area contributed by atoms with Gasteiger partial charge in [0.1, 0.15) is 18.2 Å². The fraction of sp³-hybridized carbons (Fsp3) is 0.200. The van der Waals surface area contributed by atoms with Gasteiger partial charge in [-0.2, -0.15) is 0 Å². The van der Waals surface area contributed by atoms with E-state index in [4.69, 9.17) is 15.2 Å². The monoisotopic (exact) mass is 357 g/mol. The molecule has 0 unspecified atom stereocenters. The largest absolute Gasteiger partial charge is 0.493 e. The van der Waals surface area contributed by atoms with E-state index in [2.05, 4.69) is 15.9 Å². The van der Waals surface area contributed by atoms with Gasteiger partial charge in [-0.05, 0) is 34.1 Å². The summed E-state index contributed by atoms with van der Waals surface area (Å²) in [6.07, 6.45) is 0. The lowest BCUT2D eigenvalue weighted by atomic mass is 10.1. The van der Waals surface area contributed by atoms with E-state index in [-0.39, 0.29) is 23.2 Å². The van der Waals surface area contributed by atoms with Gasteiger partial charge in [0, 0.05) is 12.1 Å². The molecule has 2 N–H and O–H groups in total. The molecule has 0 aromatic heterocycles. The smallest absolute Gasteiger partial charge is 0.166 e. The van der Waals surface area contributed by atoms with Crippen LogP contribution in [0.3, 0.4) is 0 Å². The Bertz CT molecular complexity index is 628. The second-order valence-electron chi connectivity index (χ2n) is 4.26. The number of ether oxygens (including phenoxy) is 2. The number of hydrogen-bond donors (Lipinski definition) is 1. The van der Waals surface area contributed by atoms with E-state index < -0.39 is 11.6 Å². The summed E-state index contributed by atoms with van der Waals surface area (Å²) in [6.45, 7) is -0.0273. The minimum atomic E-state index is -0.681. The van der Waals surface area contributed by atoms with Gasteiger partial charge in [-0.1, -0.05) is 12.1 Å². The number of hydrogen-bond acceptors (Lipinski definition) is 3. The Morgan fingerprint density at radius 3 is 2.62 bits per heavy atom. The molecule has 112 valence electrons. The SMILES string of the molecule is COc1cccc(CN)c1OCc1c(F)ccc(Br)c1F. The van der Waals surface area contributed by atoms with E-state index in [0.717, 1.165) is 0 Å². The summed E-state index contributed by atoms with van der Waals surface area (Å²) >= 11 is 3.02. The molecule has 0 saturated carbocycles. The summed E-state index contributed by atoms with van der Waals surface area (Å²) in [5, 5.41) is 0. The van der Waals surface area contributed by atoms with Crippen LogP contribution in [0.15, 0.2) is 34.8 Å². The van der Waals surface area contributed by atoms with Crippen molar-refractivity contribution in [2.45, 2.75) is 13.2 Å². The lowest BCUT2D eigenvalue weighted by Crippen LogP contribution is -2.07. The molecule has 3 nitrogen and oxygen atoms in total. The van der Waals surface area contributed by atoms with Crippen molar-refractivity contribution in [1.29, 1.82) is 0 Å². The van der Waals surface area contributed by atoms with E-state index in [1.165, 1.54) is 19.2 Å². The van der Waals surface area contributed by atoms with Gasteiger partial charge < -0.3 is 15.2 Å². The standard InChI is InChI=1S/C15H14BrF2NO2/c1-20-13-4-2-3-9(7-19)15(13)21-8-10-12(17)6-5-11(16)14(10)18/h2-6H,7-8,19H2,1H3. The van der Waals surface area contributed by atoms with Crippen molar-refractivity contribution in [2.75, 3.05) is 7.11 Å². The van der Waals surface area contributed by atoms with Crippen molar-refractivity contribution >= 4 is 15.9 Å². The van der Waals surface area contributed by atoms with Gasteiger partial charge in [-0.25, -0.2) is 8.78 Å². The molecule has 0 aliphatic heterocycles. The Labute approximate surface area is 129 Å². The first-order chi connectivity index (χ1) is 10.1. The summed E-state index contributed by atoms with van der Waals surface area (Å²) in [5.74, 6) is -0.492. The Morgan fingerprint density at radius 1 is 1.19 bits per heavy atom. The molecular formula is C15H14BrF2NO2. The Morgan fingerprint density at radius 2 is 1.95 bits per heavy atom. The molecule has 0 bridgehead atoms. The van der Waals surface area contributed by atoms with E-state index in [9.17, 15) is 8.78 Å². The molecule has 2 rings (SSSR count). The fourth-order valence-electron chi connectivity index (χ4n) is 1.89. The molecule has 6 heteroatoms. The van der Waals surface area contributed by atoms with Crippen molar-refractivity contribution in [3.05, 3.63) is 57.6 Å². The highest BCUT2D eigenvalue weighted by atomic mass is 79.9. The van der Waals surface area contributed by atoms with Gasteiger partial charge >= 0.3 is 0 Å². The van der Waals surface area contributed by atoms with Crippen molar-refractivity contribution in [2.24, 2.45) is 5.73 Å². The zero-order chi connectivity index (χ0) is 15.4. The van der Waals surface area contributed by atoms with Crippen LogP contribution in [-0.2, 0) is 13.2 Å². The third-order valence-corrected chi connectivity index (χ3v) is 3.61. The van der Waals surface area contributed by atoms with Gasteiger partial charge in [0.2, 0.25) is 0 Å². The van der Waals surface area contributed by atoms with Crippen molar-refractivity contribution in [1.82, 2.24) is 0 Å². The van der Waals surface area contributed by atoms with Crippen LogP contribution in [0.2, 0.25) is 0 Å². The molecule has 0 radical (unpaired) electrons. The topological polar surface area (TPSA) is 44.5 Å². The zero-order valence-electron chi connectivity index (χ0n) is 11.3. The lowest BCUT2D eigenvalue weighted by molar-refractivity contribution is 0.271. The Balaban J connectivity index is 2.31. The molecule has 0 spiro atoms. The minimum absolute atomic E-state index is 0.154. The van der Waals surface area contributed by atoms with Crippen LogP contribution in [0.25, 0.3) is 0 Å². The van der Waals surface area contributed by atoms with Crippen molar-refractivity contribution < 1.29 is 18.3 Å². The summed E-state index contributed by atoms with van der Waals surface area (Å²) < 4.78 is 38.5. The van der Waals surface area contributed by atoms with E-state index in [1.54, 1.807) is 18.2 Å². The normalized spacial score (nSPS) is 10.5. The molecule has 0 amide bonds. The number of nitrogens with two attached hydrogens (primary N) is 1. The average Bonchev–Trinajstić information content (AvgIpc) is 2.50. The highest BCUT2D eigenvalue weighted by Gasteiger charge is 2.15. The molecule has 0 saturated heterocycles. The van der Waals surface area contributed by atoms with Crippen molar-refractivity contribution in [3.8, 4) is 11.5 Å². The van der Waals surface area contributed by atoms with Gasteiger partial charge in [0.25, 0.3) is 0 Å². The highest BCUT2D eigenvalue weighted by Crippen LogP contribution is 2.32. The molecule has 0 atom stereocenters. The van der Waals surface area contributed by atoms with E-state index in [0.29, 0.717) is 17.1 Å². The second-order valence-corrected chi connectivity index (χ2v) is 5.12. The second kappa shape index (κ2) is 6.87. The molecule has 0 fully saturated rings. The fourth-order valence-corrected chi connectivity index (χ4v) is 2.26. The molecule has 0 heterocycles. The van der Waals surface area contributed by atoms with Crippen LogP contribution in [-0.4, -0.2) is 7.11 Å². The first-order valence-corrected chi connectivity index (χ1v) is 6.99. The maximum Gasteiger partial charge on any atom is 0.166 e. The average molecular weight is 358 g/mol. The summed E-state index contributed by atoms with van der Waals surface area (Å²) in [5.41, 5.74) is 6.18. The van der Waals surface area contributed by atoms with Crippen molar-refractivity contribution in [3.63, 3.8) is 0 Å². The predicted octanol–water partition coefficient (Wildman–Crippen LogP) is 3.77. The third-order valence-electron chi connectivity index (χ3n) is 3.00. The zero-order valence-corrected chi connectivity index (χ0v) is 12.9. The Hall–Kier alpha value is -1.66. The summed E-state index contributed by atoms with van der Waals surface area (Å²) in [6, 6.07) is 7.72. The number of halogens is 3. The van der Waals surface area contributed by atoms with Crippen LogP contribution in [0.1, 0.15) is 11.1 Å². The predicted molar refractivity (Wildman–Crippen MR) is 79.3 cm³/mol. The first-order valence-electron chi connectivity index (χ1n) is 6.19. The summed E-state index contributed by atoms with van der Waals surface area (Å²) in [4.78, 5) is 0. The van der Waals surface area contributed by atoms with Crippen LogP contribution in [0.5, 0.6) is 11.5 Å². The molecule has 2 aromatic carbocycles. The first kappa shape index (κ1) is 15.7. The van der Waals surface area contributed by atoms with Gasteiger partial charge in [0.05, 0.1) is 17.1 Å². The molecule has 0 aliphatic rings. The van der Waals surface area contributed by atoms with Crippen LogP contribution >= 0.6 is 15.9 Å². The molecule has 0 aliphatic carbocycles. The number of benzene rings is 2. The Kier molecular flexibility index (Phi) is 5.14. The molecule has 2 aromatic rings. The highest BCUT2D eigenvalue weighted by molar-refractivity contribution is 9.10. The van der Waals surface area contributed by atoms with E-state index in [1.807, 2.05) is 0 Å². The van der Waals surface area contributed by atoms with Crippen LogP contribution in [0, 0.1) is 11.6 Å². The number of para-hydroxylation sites is 1. The number of methoxy groups -OCH3 is 1. The van der Waals surface area contributed by atoms with Gasteiger partial charge in [-0.3, -0.25) is 0 Å². The van der Waals surface area contributed by atoms with E-state index >= 15 is 0 Å².